The standard InChI is InChI=1S/C14H22N2OS2/c1-9-5-4-6-12(11(9)3)16-13(17)8-19-14-15-10(2)7-18-14/h7,9,11-12H,4-6,8H2,1-3H3,(H,16,17)/t9-,11+,12+/m1/s1. The average molecular weight is 298 g/mol. The van der Waals surface area contributed by atoms with Crippen molar-refractivity contribution >= 4 is 29.0 Å². The van der Waals surface area contributed by atoms with E-state index in [2.05, 4.69) is 24.1 Å². The minimum Gasteiger partial charge on any atom is -0.352 e. The Morgan fingerprint density at radius 2 is 2.32 bits per heavy atom. The normalized spacial score (nSPS) is 27.2. The zero-order valence-electron chi connectivity index (χ0n) is 11.8. The van der Waals surface area contributed by atoms with Gasteiger partial charge in [-0.1, -0.05) is 38.5 Å². The minimum atomic E-state index is 0.142. The van der Waals surface area contributed by atoms with Crippen molar-refractivity contribution in [3.8, 4) is 0 Å². The summed E-state index contributed by atoms with van der Waals surface area (Å²) < 4.78 is 0.984. The van der Waals surface area contributed by atoms with Gasteiger partial charge < -0.3 is 5.32 Å². The molecule has 0 aromatic carbocycles. The predicted molar refractivity (Wildman–Crippen MR) is 81.7 cm³/mol. The zero-order valence-corrected chi connectivity index (χ0v) is 13.4. The summed E-state index contributed by atoms with van der Waals surface area (Å²) in [6.45, 7) is 6.52. The van der Waals surface area contributed by atoms with Crippen LogP contribution < -0.4 is 5.32 Å². The SMILES string of the molecule is Cc1csc(SCC(=O)N[C@H]2CCC[C@@H](C)[C@@H]2C)n1. The molecule has 1 aromatic heterocycles. The number of hydrogen-bond acceptors (Lipinski definition) is 4. The summed E-state index contributed by atoms with van der Waals surface area (Å²) in [7, 11) is 0. The number of nitrogens with one attached hydrogen (secondary N) is 1. The topological polar surface area (TPSA) is 42.0 Å². The molecule has 0 spiro atoms. The van der Waals surface area contributed by atoms with Gasteiger partial charge in [0.15, 0.2) is 4.34 Å². The molecule has 1 heterocycles. The van der Waals surface area contributed by atoms with Gasteiger partial charge in [-0.25, -0.2) is 4.98 Å². The molecule has 0 bridgehead atoms. The molecule has 1 aliphatic carbocycles. The van der Waals surface area contributed by atoms with E-state index in [4.69, 9.17) is 0 Å². The van der Waals surface area contributed by atoms with E-state index in [0.29, 0.717) is 23.6 Å². The third-order valence-electron chi connectivity index (χ3n) is 3.98. The molecule has 3 atom stereocenters. The summed E-state index contributed by atoms with van der Waals surface area (Å²) in [5.41, 5.74) is 1.03. The van der Waals surface area contributed by atoms with Crippen molar-refractivity contribution in [2.75, 3.05) is 5.75 Å². The Hall–Kier alpha value is -0.550. The van der Waals surface area contributed by atoms with Crippen LogP contribution in [0.25, 0.3) is 0 Å². The fourth-order valence-electron chi connectivity index (χ4n) is 2.56. The fourth-order valence-corrected chi connectivity index (χ4v) is 4.22. The van der Waals surface area contributed by atoms with E-state index in [9.17, 15) is 4.79 Å². The summed E-state index contributed by atoms with van der Waals surface area (Å²) in [6, 6.07) is 0.356. The van der Waals surface area contributed by atoms with E-state index >= 15 is 0 Å². The van der Waals surface area contributed by atoms with E-state index in [1.54, 1.807) is 11.3 Å². The van der Waals surface area contributed by atoms with Crippen molar-refractivity contribution in [3.05, 3.63) is 11.1 Å². The molecular formula is C14H22N2OS2. The van der Waals surface area contributed by atoms with E-state index in [1.165, 1.54) is 24.6 Å². The largest absolute Gasteiger partial charge is 0.352 e. The number of carbonyl (C=O) groups is 1. The van der Waals surface area contributed by atoms with Gasteiger partial charge in [-0.3, -0.25) is 4.79 Å². The van der Waals surface area contributed by atoms with E-state index in [1.807, 2.05) is 12.3 Å². The Morgan fingerprint density at radius 3 is 3.00 bits per heavy atom. The second kappa shape index (κ2) is 6.75. The second-order valence-electron chi connectivity index (χ2n) is 5.48. The monoisotopic (exact) mass is 298 g/mol. The zero-order chi connectivity index (χ0) is 13.8. The molecule has 0 unspecified atom stereocenters. The molecule has 0 radical (unpaired) electrons. The highest BCUT2D eigenvalue weighted by Gasteiger charge is 2.27. The molecular weight excluding hydrogens is 276 g/mol. The number of nitrogens with zero attached hydrogens (tertiary/aromatic N) is 1. The predicted octanol–water partition coefficient (Wildman–Crippen LogP) is 3.48. The molecule has 1 fully saturated rings. The lowest BCUT2D eigenvalue weighted by Crippen LogP contribution is -2.44. The Morgan fingerprint density at radius 1 is 1.53 bits per heavy atom. The lowest BCUT2D eigenvalue weighted by molar-refractivity contribution is -0.119. The quantitative estimate of drug-likeness (QED) is 0.865. The molecule has 1 N–H and O–H groups in total. The van der Waals surface area contributed by atoms with Gasteiger partial charge in [-0.15, -0.1) is 11.3 Å². The molecule has 1 amide bonds. The van der Waals surface area contributed by atoms with E-state index < -0.39 is 0 Å². The number of hydrogen-bond donors (Lipinski definition) is 1. The highest BCUT2D eigenvalue weighted by Crippen LogP contribution is 2.29. The van der Waals surface area contributed by atoms with Crippen LogP contribution in [0.1, 0.15) is 38.8 Å². The third kappa shape index (κ3) is 4.21. The molecule has 0 aliphatic heterocycles. The van der Waals surface area contributed by atoms with Crippen molar-refractivity contribution in [2.24, 2.45) is 11.8 Å². The van der Waals surface area contributed by atoms with Crippen LogP contribution in [0.3, 0.4) is 0 Å². The van der Waals surface area contributed by atoms with Crippen LogP contribution in [0, 0.1) is 18.8 Å². The molecule has 3 nitrogen and oxygen atoms in total. The van der Waals surface area contributed by atoms with Gasteiger partial charge in [-0.05, 0) is 25.2 Å². The maximum Gasteiger partial charge on any atom is 0.230 e. The van der Waals surface area contributed by atoms with Gasteiger partial charge in [0, 0.05) is 17.1 Å². The van der Waals surface area contributed by atoms with Gasteiger partial charge in [0.1, 0.15) is 0 Å². The maximum absolute atomic E-state index is 12.0. The lowest BCUT2D eigenvalue weighted by Gasteiger charge is -2.34. The van der Waals surface area contributed by atoms with Crippen molar-refractivity contribution in [3.63, 3.8) is 0 Å². The average Bonchev–Trinajstić information content (AvgIpc) is 2.78. The number of rotatable bonds is 4. The fraction of sp³-hybridized carbons (Fsp3) is 0.714. The molecule has 19 heavy (non-hydrogen) atoms. The first-order valence-corrected chi connectivity index (χ1v) is 8.77. The highest BCUT2D eigenvalue weighted by molar-refractivity contribution is 8.01. The summed E-state index contributed by atoms with van der Waals surface area (Å²) in [6.07, 6.45) is 3.65. The number of aromatic nitrogens is 1. The van der Waals surface area contributed by atoms with Crippen molar-refractivity contribution < 1.29 is 4.79 Å². The maximum atomic E-state index is 12.0. The van der Waals surface area contributed by atoms with Crippen molar-refractivity contribution in [2.45, 2.75) is 50.4 Å². The lowest BCUT2D eigenvalue weighted by atomic mass is 9.78. The van der Waals surface area contributed by atoms with Crippen molar-refractivity contribution in [1.82, 2.24) is 10.3 Å². The Labute approximate surface area is 123 Å². The smallest absolute Gasteiger partial charge is 0.230 e. The minimum absolute atomic E-state index is 0.142. The Kier molecular flexibility index (Phi) is 5.28. The van der Waals surface area contributed by atoms with Crippen LogP contribution >= 0.6 is 23.1 Å². The van der Waals surface area contributed by atoms with Crippen molar-refractivity contribution in [1.29, 1.82) is 0 Å². The first-order valence-electron chi connectivity index (χ1n) is 6.90. The molecule has 1 saturated carbocycles. The first-order chi connectivity index (χ1) is 9.06. The molecule has 1 aliphatic rings. The van der Waals surface area contributed by atoms with E-state index in [0.717, 1.165) is 16.5 Å². The number of thiazole rings is 1. The van der Waals surface area contributed by atoms with Gasteiger partial charge in [0.25, 0.3) is 0 Å². The van der Waals surface area contributed by atoms with Crippen LogP contribution in [0.5, 0.6) is 0 Å². The van der Waals surface area contributed by atoms with Gasteiger partial charge >= 0.3 is 0 Å². The molecule has 5 heteroatoms. The summed E-state index contributed by atoms with van der Waals surface area (Å²) >= 11 is 3.15. The number of amides is 1. The number of thioether (sulfide) groups is 1. The summed E-state index contributed by atoms with van der Waals surface area (Å²) in [4.78, 5) is 16.3. The molecule has 1 aromatic rings. The van der Waals surface area contributed by atoms with Crippen LogP contribution in [0.15, 0.2) is 9.72 Å². The number of carbonyl (C=O) groups excluding carboxylic acids is 1. The Bertz CT molecular complexity index is 433. The van der Waals surface area contributed by atoms with Crippen LogP contribution in [-0.2, 0) is 4.79 Å². The van der Waals surface area contributed by atoms with Crippen LogP contribution in [-0.4, -0.2) is 22.7 Å². The van der Waals surface area contributed by atoms with E-state index in [-0.39, 0.29) is 5.91 Å². The third-order valence-corrected chi connectivity index (χ3v) is 6.12. The first kappa shape index (κ1) is 14.9. The second-order valence-corrected chi connectivity index (χ2v) is 7.57. The Balaban J connectivity index is 1.77. The molecule has 0 saturated heterocycles. The number of aryl methyl sites for hydroxylation is 1. The summed E-state index contributed by atoms with van der Waals surface area (Å²) in [5.74, 6) is 1.92. The van der Waals surface area contributed by atoms with Crippen LogP contribution in [0.2, 0.25) is 0 Å². The van der Waals surface area contributed by atoms with Crippen LogP contribution in [0.4, 0.5) is 0 Å². The van der Waals surface area contributed by atoms with Gasteiger partial charge in [0.05, 0.1) is 5.75 Å². The highest BCUT2D eigenvalue weighted by atomic mass is 32.2. The van der Waals surface area contributed by atoms with Gasteiger partial charge in [0.2, 0.25) is 5.91 Å². The molecule has 2 rings (SSSR count). The molecule has 106 valence electrons. The van der Waals surface area contributed by atoms with Gasteiger partial charge in [-0.2, -0.15) is 0 Å². The summed E-state index contributed by atoms with van der Waals surface area (Å²) in [5, 5.41) is 5.21.